The molecule has 0 bridgehead atoms. The third-order valence-corrected chi connectivity index (χ3v) is 3.50. The maximum absolute atomic E-state index is 11.8. The number of benzene rings is 2. The van der Waals surface area contributed by atoms with Crippen LogP contribution in [0.3, 0.4) is 0 Å². The van der Waals surface area contributed by atoms with Crippen molar-refractivity contribution in [2.45, 2.75) is 20.0 Å². The average Bonchev–Trinajstić information content (AvgIpc) is 3.11. The highest BCUT2D eigenvalue weighted by Crippen LogP contribution is 2.18. The summed E-state index contributed by atoms with van der Waals surface area (Å²) in [5.41, 5.74) is 1.84. The molecule has 0 aliphatic heterocycles. The first kappa shape index (κ1) is 16.7. The zero-order chi connectivity index (χ0) is 17.5. The van der Waals surface area contributed by atoms with E-state index in [4.69, 9.17) is 13.9 Å². The molecular formula is C19H18N2O4. The first-order valence-corrected chi connectivity index (χ1v) is 7.94. The van der Waals surface area contributed by atoms with Crippen LogP contribution in [0.25, 0.3) is 11.5 Å². The van der Waals surface area contributed by atoms with Crippen LogP contribution in [0, 0.1) is 6.92 Å². The van der Waals surface area contributed by atoms with Crippen LogP contribution in [0.1, 0.15) is 17.9 Å². The second-order valence-corrected chi connectivity index (χ2v) is 5.39. The molecule has 25 heavy (non-hydrogen) atoms. The molecule has 6 heteroatoms. The van der Waals surface area contributed by atoms with Gasteiger partial charge in [-0.2, -0.15) is 0 Å². The van der Waals surface area contributed by atoms with Crippen molar-refractivity contribution in [3.8, 4) is 17.2 Å². The molecule has 0 saturated heterocycles. The number of aryl methyl sites for hydroxylation is 1. The van der Waals surface area contributed by atoms with Gasteiger partial charge in [0, 0.05) is 5.56 Å². The van der Waals surface area contributed by atoms with Crippen molar-refractivity contribution in [1.29, 1.82) is 0 Å². The van der Waals surface area contributed by atoms with Gasteiger partial charge in [-0.1, -0.05) is 36.4 Å². The highest BCUT2D eigenvalue weighted by Gasteiger charge is 2.11. The molecule has 3 rings (SSSR count). The Morgan fingerprint density at radius 1 is 1.04 bits per heavy atom. The molecule has 0 atom stereocenters. The fourth-order valence-electron chi connectivity index (χ4n) is 2.19. The van der Waals surface area contributed by atoms with Gasteiger partial charge in [0.1, 0.15) is 5.75 Å². The molecule has 0 radical (unpaired) electrons. The lowest BCUT2D eigenvalue weighted by atomic mass is 10.2. The zero-order valence-electron chi connectivity index (χ0n) is 13.8. The maximum atomic E-state index is 11.8. The normalized spacial score (nSPS) is 10.4. The topological polar surface area (TPSA) is 74.5 Å². The van der Waals surface area contributed by atoms with E-state index in [0.717, 1.165) is 16.9 Å². The molecule has 2 aromatic carbocycles. The van der Waals surface area contributed by atoms with Crippen LogP contribution in [0.15, 0.2) is 59.0 Å². The number of carbonyl (C=O) groups is 1. The minimum Gasteiger partial charge on any atom is -0.493 e. The summed E-state index contributed by atoms with van der Waals surface area (Å²) < 4.78 is 16.2. The summed E-state index contributed by atoms with van der Waals surface area (Å²) in [6.07, 6.45) is 0.147. The molecule has 6 nitrogen and oxygen atoms in total. The first-order valence-electron chi connectivity index (χ1n) is 7.94. The van der Waals surface area contributed by atoms with Crippen molar-refractivity contribution < 1.29 is 18.7 Å². The Hall–Kier alpha value is -3.15. The van der Waals surface area contributed by atoms with Gasteiger partial charge < -0.3 is 13.9 Å². The summed E-state index contributed by atoms with van der Waals surface area (Å²) in [5.74, 6) is 1.04. The molecule has 3 aromatic rings. The summed E-state index contributed by atoms with van der Waals surface area (Å²) in [6.45, 7) is 2.15. The largest absolute Gasteiger partial charge is 0.493 e. The molecule has 0 fully saturated rings. The van der Waals surface area contributed by atoms with Crippen molar-refractivity contribution in [3.05, 3.63) is 66.1 Å². The van der Waals surface area contributed by atoms with Crippen LogP contribution in [-0.2, 0) is 16.1 Å². The minimum absolute atomic E-state index is 0.0525. The summed E-state index contributed by atoms with van der Waals surface area (Å²) >= 11 is 0. The van der Waals surface area contributed by atoms with E-state index < -0.39 is 0 Å². The van der Waals surface area contributed by atoms with Crippen molar-refractivity contribution in [1.82, 2.24) is 10.2 Å². The summed E-state index contributed by atoms with van der Waals surface area (Å²) in [5, 5.41) is 7.82. The number of para-hydroxylation sites is 1. The predicted molar refractivity (Wildman–Crippen MR) is 90.8 cm³/mol. The molecule has 0 spiro atoms. The van der Waals surface area contributed by atoms with Gasteiger partial charge in [0.2, 0.25) is 5.89 Å². The third kappa shape index (κ3) is 4.67. The van der Waals surface area contributed by atoms with Crippen molar-refractivity contribution >= 4 is 5.97 Å². The molecule has 0 amide bonds. The molecule has 0 unspecified atom stereocenters. The second-order valence-electron chi connectivity index (χ2n) is 5.39. The van der Waals surface area contributed by atoms with Gasteiger partial charge in [0.25, 0.3) is 5.89 Å². The van der Waals surface area contributed by atoms with Crippen LogP contribution < -0.4 is 4.74 Å². The fraction of sp³-hybridized carbons (Fsp3) is 0.211. The van der Waals surface area contributed by atoms with Gasteiger partial charge in [0.15, 0.2) is 6.61 Å². The van der Waals surface area contributed by atoms with E-state index in [1.165, 1.54) is 0 Å². The minimum atomic E-state index is -0.381. The lowest BCUT2D eigenvalue weighted by molar-refractivity contribution is -0.146. The van der Waals surface area contributed by atoms with Gasteiger partial charge in [0.05, 0.1) is 13.0 Å². The fourth-order valence-corrected chi connectivity index (χ4v) is 2.19. The Morgan fingerprint density at radius 2 is 1.80 bits per heavy atom. The molecule has 1 aromatic heterocycles. The first-order chi connectivity index (χ1) is 12.2. The number of carbonyl (C=O) groups excluding carboxylic acids is 1. The zero-order valence-corrected chi connectivity index (χ0v) is 13.8. The Morgan fingerprint density at radius 3 is 2.60 bits per heavy atom. The smallest absolute Gasteiger partial charge is 0.309 e. The number of esters is 1. The van der Waals surface area contributed by atoms with Gasteiger partial charge in [-0.15, -0.1) is 10.2 Å². The van der Waals surface area contributed by atoms with E-state index in [1.807, 2.05) is 61.5 Å². The molecule has 0 saturated carbocycles. The molecule has 1 heterocycles. The van der Waals surface area contributed by atoms with Crippen molar-refractivity contribution in [3.63, 3.8) is 0 Å². The van der Waals surface area contributed by atoms with Crippen LogP contribution in [0.5, 0.6) is 5.75 Å². The number of ether oxygens (including phenoxy) is 2. The van der Waals surface area contributed by atoms with Crippen LogP contribution in [0.4, 0.5) is 0 Å². The lowest BCUT2D eigenvalue weighted by Crippen LogP contribution is -2.10. The monoisotopic (exact) mass is 338 g/mol. The molecular weight excluding hydrogens is 320 g/mol. The number of hydrogen-bond donors (Lipinski definition) is 0. The Bertz CT molecular complexity index is 830. The van der Waals surface area contributed by atoms with Gasteiger partial charge in [-0.05, 0) is 30.7 Å². The van der Waals surface area contributed by atoms with Gasteiger partial charge >= 0.3 is 5.97 Å². The third-order valence-electron chi connectivity index (χ3n) is 3.50. The molecule has 0 aliphatic carbocycles. The summed E-state index contributed by atoms with van der Waals surface area (Å²) in [6, 6.07) is 17.0. The average molecular weight is 338 g/mol. The van der Waals surface area contributed by atoms with E-state index >= 15 is 0 Å². The summed E-state index contributed by atoms with van der Waals surface area (Å²) in [4.78, 5) is 11.8. The standard InChI is InChI=1S/C19H18N2O4/c1-14-7-5-6-10-16(14)23-12-11-18(22)24-13-17-20-21-19(25-17)15-8-3-2-4-9-15/h2-10H,11-13H2,1H3. The maximum Gasteiger partial charge on any atom is 0.309 e. The van der Waals surface area contributed by atoms with Crippen LogP contribution >= 0.6 is 0 Å². The van der Waals surface area contributed by atoms with E-state index in [2.05, 4.69) is 10.2 Å². The number of hydrogen-bond acceptors (Lipinski definition) is 6. The number of rotatable bonds is 7. The molecule has 128 valence electrons. The van der Waals surface area contributed by atoms with E-state index in [9.17, 15) is 4.79 Å². The second kappa shape index (κ2) is 8.10. The number of aromatic nitrogens is 2. The SMILES string of the molecule is Cc1ccccc1OCCC(=O)OCc1nnc(-c2ccccc2)o1. The lowest BCUT2D eigenvalue weighted by Gasteiger charge is -2.08. The van der Waals surface area contributed by atoms with Crippen LogP contribution in [0.2, 0.25) is 0 Å². The Kier molecular flexibility index (Phi) is 5.41. The van der Waals surface area contributed by atoms with E-state index in [0.29, 0.717) is 5.89 Å². The predicted octanol–water partition coefficient (Wildman–Crippen LogP) is 3.56. The highest BCUT2D eigenvalue weighted by atomic mass is 16.5. The molecule has 0 N–H and O–H groups in total. The van der Waals surface area contributed by atoms with Crippen LogP contribution in [-0.4, -0.2) is 22.8 Å². The molecule has 0 aliphatic rings. The quantitative estimate of drug-likeness (QED) is 0.613. The van der Waals surface area contributed by atoms with Gasteiger partial charge in [-0.25, -0.2) is 0 Å². The number of nitrogens with zero attached hydrogens (tertiary/aromatic N) is 2. The summed E-state index contributed by atoms with van der Waals surface area (Å²) in [7, 11) is 0. The van der Waals surface area contributed by atoms with E-state index in [-0.39, 0.29) is 31.5 Å². The Labute approximate surface area is 145 Å². The van der Waals surface area contributed by atoms with Gasteiger partial charge in [-0.3, -0.25) is 4.79 Å². The highest BCUT2D eigenvalue weighted by molar-refractivity contribution is 5.69. The van der Waals surface area contributed by atoms with Crippen molar-refractivity contribution in [2.24, 2.45) is 0 Å². The Balaban J connectivity index is 1.44. The van der Waals surface area contributed by atoms with E-state index in [1.54, 1.807) is 0 Å². The van der Waals surface area contributed by atoms with Crippen molar-refractivity contribution in [2.75, 3.05) is 6.61 Å².